The molecule has 1 fully saturated rings. The maximum absolute atomic E-state index is 11.6. The van der Waals surface area contributed by atoms with E-state index >= 15 is 0 Å². The predicted molar refractivity (Wildman–Crippen MR) is 94.6 cm³/mol. The van der Waals surface area contributed by atoms with Gasteiger partial charge in [-0.05, 0) is 29.3 Å². The zero-order valence-corrected chi connectivity index (χ0v) is 13.8. The molecule has 6 nitrogen and oxygen atoms in total. The zero-order chi connectivity index (χ0) is 17.9. The number of rotatable bonds is 5. The van der Waals surface area contributed by atoms with Crippen molar-refractivity contribution in [1.82, 2.24) is 10.3 Å². The van der Waals surface area contributed by atoms with Crippen LogP contribution in [0, 0.1) is 0 Å². The van der Waals surface area contributed by atoms with Crippen molar-refractivity contribution in [1.29, 1.82) is 0 Å². The van der Waals surface area contributed by atoms with Gasteiger partial charge in [-0.15, -0.1) is 0 Å². The van der Waals surface area contributed by atoms with Crippen molar-refractivity contribution in [2.75, 3.05) is 0 Å². The molecule has 2 aromatic carbocycles. The number of nitrogens with zero attached hydrogens (tertiary/aromatic N) is 1. The maximum Gasteiger partial charge on any atom is 0.414 e. The average molecular weight is 348 g/mol. The number of nitrogens with one attached hydrogen (secondary N) is 1. The lowest BCUT2D eigenvalue weighted by Gasteiger charge is -2.09. The Balaban J connectivity index is 1.47. The van der Waals surface area contributed by atoms with E-state index in [1.54, 1.807) is 6.20 Å². The van der Waals surface area contributed by atoms with Gasteiger partial charge in [0.2, 0.25) is 0 Å². The Bertz CT molecular complexity index is 972. The number of amides is 2. The fourth-order valence-electron chi connectivity index (χ4n) is 2.83. The van der Waals surface area contributed by atoms with E-state index < -0.39 is 18.1 Å². The topological polar surface area (TPSA) is 77.5 Å². The molecule has 2 amide bonds. The summed E-state index contributed by atoms with van der Waals surface area (Å²) in [6.45, 7) is 0.493. The second-order valence-electron chi connectivity index (χ2n) is 6.06. The SMILES string of the molecule is O=C1NC(=O)C(Cc2cnc3cc(OCc4ccccc4)ccc3c2)O1. The number of hydrogen-bond donors (Lipinski definition) is 1. The minimum Gasteiger partial charge on any atom is -0.489 e. The molecule has 26 heavy (non-hydrogen) atoms. The molecule has 1 unspecified atom stereocenters. The van der Waals surface area contributed by atoms with E-state index in [4.69, 9.17) is 9.47 Å². The fourth-order valence-corrected chi connectivity index (χ4v) is 2.83. The van der Waals surface area contributed by atoms with E-state index in [1.807, 2.05) is 54.6 Å². The van der Waals surface area contributed by atoms with Gasteiger partial charge in [-0.25, -0.2) is 4.79 Å². The van der Waals surface area contributed by atoms with E-state index in [9.17, 15) is 9.59 Å². The number of alkyl carbamates (subject to hydrolysis) is 1. The number of ether oxygens (including phenoxy) is 2. The second-order valence-corrected chi connectivity index (χ2v) is 6.06. The van der Waals surface area contributed by atoms with Gasteiger partial charge in [-0.1, -0.05) is 30.3 Å². The molecule has 130 valence electrons. The third kappa shape index (κ3) is 3.49. The van der Waals surface area contributed by atoms with Crippen LogP contribution < -0.4 is 10.1 Å². The van der Waals surface area contributed by atoms with Crippen LogP contribution in [0.4, 0.5) is 4.79 Å². The lowest BCUT2D eigenvalue weighted by atomic mass is 10.1. The predicted octanol–water partition coefficient (Wildman–Crippen LogP) is 2.99. The molecule has 0 radical (unpaired) electrons. The number of fused-ring (bicyclic) bond motifs is 1. The third-order valence-electron chi connectivity index (χ3n) is 4.15. The molecular formula is C20H16N2O4. The van der Waals surface area contributed by atoms with Gasteiger partial charge in [0.1, 0.15) is 12.4 Å². The van der Waals surface area contributed by atoms with Gasteiger partial charge < -0.3 is 9.47 Å². The summed E-state index contributed by atoms with van der Waals surface area (Å²) >= 11 is 0. The molecule has 1 N–H and O–H groups in total. The molecule has 1 aliphatic rings. The molecule has 0 spiro atoms. The molecule has 1 aromatic heterocycles. The van der Waals surface area contributed by atoms with Crippen LogP contribution >= 0.6 is 0 Å². The summed E-state index contributed by atoms with van der Waals surface area (Å²) in [6, 6.07) is 17.6. The second kappa shape index (κ2) is 6.84. The molecule has 4 rings (SSSR count). The number of hydrogen-bond acceptors (Lipinski definition) is 5. The Morgan fingerprint density at radius 2 is 1.88 bits per heavy atom. The normalized spacial score (nSPS) is 16.4. The number of carbonyl (C=O) groups is 2. The molecule has 1 aliphatic heterocycles. The Morgan fingerprint density at radius 1 is 1.04 bits per heavy atom. The van der Waals surface area contributed by atoms with Crippen molar-refractivity contribution in [2.45, 2.75) is 19.1 Å². The Labute approximate surface area is 149 Å². The molecule has 6 heteroatoms. The highest BCUT2D eigenvalue weighted by Gasteiger charge is 2.32. The summed E-state index contributed by atoms with van der Waals surface area (Å²) in [5.41, 5.74) is 2.72. The van der Waals surface area contributed by atoms with Gasteiger partial charge in [0.25, 0.3) is 5.91 Å². The minimum absolute atomic E-state index is 0.298. The number of carbonyl (C=O) groups excluding carboxylic acids is 2. The van der Waals surface area contributed by atoms with Gasteiger partial charge in [0.05, 0.1) is 5.52 Å². The van der Waals surface area contributed by atoms with E-state index in [1.165, 1.54) is 0 Å². The van der Waals surface area contributed by atoms with Crippen molar-refractivity contribution in [3.63, 3.8) is 0 Å². The summed E-state index contributed by atoms with van der Waals surface area (Å²) in [5, 5.41) is 3.05. The summed E-state index contributed by atoms with van der Waals surface area (Å²) < 4.78 is 10.7. The van der Waals surface area contributed by atoms with Crippen LogP contribution in [-0.4, -0.2) is 23.1 Å². The van der Waals surface area contributed by atoms with Gasteiger partial charge in [-0.2, -0.15) is 0 Å². The smallest absolute Gasteiger partial charge is 0.414 e. The van der Waals surface area contributed by atoms with E-state index in [-0.39, 0.29) is 0 Å². The van der Waals surface area contributed by atoms with Crippen molar-refractivity contribution in [2.24, 2.45) is 0 Å². The van der Waals surface area contributed by atoms with Gasteiger partial charge in [-0.3, -0.25) is 15.1 Å². The number of imide groups is 1. The summed E-state index contributed by atoms with van der Waals surface area (Å²) in [4.78, 5) is 27.1. The standard InChI is InChI=1S/C20H16N2O4/c23-19-18(26-20(24)22-19)9-14-8-15-6-7-16(10-17(15)21-11-14)25-12-13-4-2-1-3-5-13/h1-8,10-11,18H,9,12H2,(H,22,23,24). The first kappa shape index (κ1) is 16.1. The molecule has 2 heterocycles. The zero-order valence-electron chi connectivity index (χ0n) is 13.8. The van der Waals surface area contributed by atoms with Crippen LogP contribution in [0.5, 0.6) is 5.75 Å². The van der Waals surface area contributed by atoms with Crippen molar-refractivity contribution in [3.05, 3.63) is 71.9 Å². The Hall–Kier alpha value is -3.41. The molecule has 0 saturated carbocycles. The van der Waals surface area contributed by atoms with Gasteiger partial charge in [0.15, 0.2) is 6.10 Å². The summed E-state index contributed by atoms with van der Waals surface area (Å²) in [6.07, 6.45) is 0.486. The van der Waals surface area contributed by atoms with Crippen molar-refractivity contribution >= 4 is 22.9 Å². The lowest BCUT2D eigenvalue weighted by Crippen LogP contribution is -2.25. The lowest BCUT2D eigenvalue weighted by molar-refractivity contribution is -0.123. The van der Waals surface area contributed by atoms with Crippen LogP contribution in [0.15, 0.2) is 60.8 Å². The molecule has 1 saturated heterocycles. The van der Waals surface area contributed by atoms with Gasteiger partial charge in [0, 0.05) is 24.1 Å². The summed E-state index contributed by atoms with van der Waals surface area (Å²) in [7, 11) is 0. The highest BCUT2D eigenvalue weighted by molar-refractivity contribution is 6.00. The van der Waals surface area contributed by atoms with E-state index in [0.717, 1.165) is 27.8 Å². The first-order chi connectivity index (χ1) is 12.7. The van der Waals surface area contributed by atoms with E-state index in [2.05, 4.69) is 10.3 Å². The first-order valence-electron chi connectivity index (χ1n) is 8.24. The van der Waals surface area contributed by atoms with Crippen molar-refractivity contribution < 1.29 is 19.1 Å². The highest BCUT2D eigenvalue weighted by atomic mass is 16.6. The molecule has 1 atom stereocenters. The maximum atomic E-state index is 11.6. The van der Waals surface area contributed by atoms with Crippen molar-refractivity contribution in [3.8, 4) is 5.75 Å². The van der Waals surface area contributed by atoms with Crippen LogP contribution in [-0.2, 0) is 22.6 Å². The summed E-state index contributed by atoms with van der Waals surface area (Å²) in [5.74, 6) is 0.325. The average Bonchev–Trinajstić information content (AvgIpc) is 2.97. The number of aromatic nitrogens is 1. The number of benzene rings is 2. The molecule has 3 aromatic rings. The minimum atomic E-state index is -0.796. The fraction of sp³-hybridized carbons (Fsp3) is 0.150. The molecule has 0 aliphatic carbocycles. The molecular weight excluding hydrogens is 332 g/mol. The van der Waals surface area contributed by atoms with Crippen LogP contribution in [0.1, 0.15) is 11.1 Å². The third-order valence-corrected chi connectivity index (χ3v) is 4.15. The quantitative estimate of drug-likeness (QED) is 0.767. The number of cyclic esters (lactones) is 1. The van der Waals surface area contributed by atoms with E-state index in [0.29, 0.717) is 13.0 Å². The van der Waals surface area contributed by atoms with Crippen LogP contribution in [0.3, 0.4) is 0 Å². The van der Waals surface area contributed by atoms with Crippen LogP contribution in [0.2, 0.25) is 0 Å². The number of pyridine rings is 1. The van der Waals surface area contributed by atoms with Crippen LogP contribution in [0.25, 0.3) is 10.9 Å². The highest BCUT2D eigenvalue weighted by Crippen LogP contribution is 2.22. The monoisotopic (exact) mass is 348 g/mol. The first-order valence-corrected chi connectivity index (χ1v) is 8.24. The Morgan fingerprint density at radius 3 is 2.65 bits per heavy atom. The van der Waals surface area contributed by atoms with Gasteiger partial charge >= 0.3 is 6.09 Å². The Kier molecular flexibility index (Phi) is 4.23. The largest absolute Gasteiger partial charge is 0.489 e. The molecule has 0 bridgehead atoms.